The van der Waals surface area contributed by atoms with Crippen molar-refractivity contribution in [3.63, 3.8) is 0 Å². The van der Waals surface area contributed by atoms with E-state index in [1.807, 2.05) is 0 Å². The van der Waals surface area contributed by atoms with Gasteiger partial charge in [0.25, 0.3) is 0 Å². The Hall–Kier alpha value is -1.15. The molecule has 19 heavy (non-hydrogen) atoms. The monoisotopic (exact) mass is 351 g/mol. The smallest absolute Gasteiger partial charge is 0.307 e. The van der Waals surface area contributed by atoms with Gasteiger partial charge in [0.2, 0.25) is 5.91 Å². The van der Waals surface area contributed by atoms with E-state index in [0.29, 0.717) is 15.9 Å². The molecule has 1 aliphatic rings. The molecule has 1 heterocycles. The van der Waals surface area contributed by atoms with Crippen LogP contribution in [0.25, 0.3) is 0 Å². The van der Waals surface area contributed by atoms with Crippen molar-refractivity contribution in [2.45, 2.75) is 11.7 Å². The van der Waals surface area contributed by atoms with Gasteiger partial charge in [-0.1, -0.05) is 6.07 Å². The molecule has 5 nitrogen and oxygen atoms in total. The highest BCUT2D eigenvalue weighted by molar-refractivity contribution is 9.10. The number of anilines is 1. The number of amides is 1. The first-order valence-corrected chi connectivity index (χ1v) is 7.65. The molecule has 0 aromatic heterocycles. The van der Waals surface area contributed by atoms with Crippen LogP contribution < -0.4 is 9.64 Å². The average Bonchev–Trinajstić information content (AvgIpc) is 2.71. The molecule has 1 amide bonds. The first-order chi connectivity index (χ1) is 8.84. The Balaban J connectivity index is 2.36. The van der Waals surface area contributed by atoms with Crippen LogP contribution in [0.2, 0.25) is 0 Å². The minimum Gasteiger partial charge on any atom is -0.495 e. The van der Waals surface area contributed by atoms with Crippen molar-refractivity contribution in [2.24, 2.45) is 0 Å². The lowest BCUT2D eigenvalue weighted by molar-refractivity contribution is -0.117. The third kappa shape index (κ3) is 2.74. The summed E-state index contributed by atoms with van der Waals surface area (Å²) >= 11 is 3.29. The number of methoxy groups -OCH3 is 1. The zero-order valence-electron chi connectivity index (χ0n) is 9.97. The van der Waals surface area contributed by atoms with Crippen molar-refractivity contribution in [3.05, 3.63) is 22.7 Å². The summed E-state index contributed by atoms with van der Waals surface area (Å²) in [5, 5.41) is -1.31. The molecule has 0 saturated carbocycles. The van der Waals surface area contributed by atoms with E-state index in [4.69, 9.17) is 4.74 Å². The Morgan fingerprint density at radius 3 is 2.68 bits per heavy atom. The molecule has 0 bridgehead atoms. The SMILES string of the molecule is COc1cccc(N2CC(S(=O)(=O)F)CC2=O)c1Br. The predicted octanol–water partition coefficient (Wildman–Crippen LogP) is 1.86. The van der Waals surface area contributed by atoms with Gasteiger partial charge < -0.3 is 9.64 Å². The second-order valence-corrected chi connectivity index (χ2v) is 6.51. The topological polar surface area (TPSA) is 63.7 Å². The van der Waals surface area contributed by atoms with Crippen LogP contribution in [-0.4, -0.2) is 33.2 Å². The molecule has 1 fully saturated rings. The van der Waals surface area contributed by atoms with E-state index < -0.39 is 21.4 Å². The zero-order chi connectivity index (χ0) is 14.2. The number of rotatable bonds is 3. The summed E-state index contributed by atoms with van der Waals surface area (Å²) in [6, 6.07) is 5.00. The summed E-state index contributed by atoms with van der Waals surface area (Å²) < 4.78 is 40.4. The number of halogens is 2. The molecule has 0 aliphatic carbocycles. The number of carbonyl (C=O) groups excluding carboxylic acids is 1. The fourth-order valence-electron chi connectivity index (χ4n) is 1.96. The van der Waals surface area contributed by atoms with Crippen LogP contribution in [-0.2, 0) is 15.0 Å². The molecular weight excluding hydrogens is 341 g/mol. The van der Waals surface area contributed by atoms with Gasteiger partial charge in [-0.2, -0.15) is 8.42 Å². The summed E-state index contributed by atoms with van der Waals surface area (Å²) in [5.74, 6) is 0.0806. The van der Waals surface area contributed by atoms with Crippen molar-refractivity contribution in [1.82, 2.24) is 0 Å². The van der Waals surface area contributed by atoms with Crippen molar-refractivity contribution in [2.75, 3.05) is 18.6 Å². The van der Waals surface area contributed by atoms with E-state index >= 15 is 0 Å². The molecule has 1 aromatic carbocycles. The molecule has 104 valence electrons. The van der Waals surface area contributed by atoms with Crippen LogP contribution in [0.15, 0.2) is 22.7 Å². The number of carbonyl (C=O) groups is 1. The Morgan fingerprint density at radius 2 is 2.16 bits per heavy atom. The summed E-state index contributed by atoms with van der Waals surface area (Å²) in [6.45, 7) is -0.191. The van der Waals surface area contributed by atoms with Crippen molar-refractivity contribution >= 4 is 37.7 Å². The Bertz CT molecular complexity index is 619. The standard InChI is InChI=1S/C11H11BrFNO4S/c1-18-9-4-2-3-8(11(9)12)14-6-7(5-10(14)15)19(13,16)17/h2-4,7H,5-6H2,1H3. The van der Waals surface area contributed by atoms with Gasteiger partial charge in [0.1, 0.15) is 11.0 Å². The summed E-state index contributed by atoms with van der Waals surface area (Å²) in [5.41, 5.74) is 0.468. The molecule has 0 N–H and O–H groups in total. The molecule has 1 aliphatic heterocycles. The van der Waals surface area contributed by atoms with E-state index in [1.165, 1.54) is 12.0 Å². The highest BCUT2D eigenvalue weighted by Crippen LogP contribution is 2.37. The number of hydrogen-bond acceptors (Lipinski definition) is 4. The molecule has 2 rings (SSSR count). The molecule has 8 heteroatoms. The average molecular weight is 352 g/mol. The first kappa shape index (κ1) is 14.3. The third-order valence-electron chi connectivity index (χ3n) is 2.94. The Kier molecular flexibility index (Phi) is 3.82. The highest BCUT2D eigenvalue weighted by Gasteiger charge is 2.39. The van der Waals surface area contributed by atoms with E-state index in [-0.39, 0.29) is 13.0 Å². The fourth-order valence-corrected chi connectivity index (χ4v) is 3.27. The minimum absolute atomic E-state index is 0.191. The van der Waals surface area contributed by atoms with E-state index in [2.05, 4.69) is 15.9 Å². The Morgan fingerprint density at radius 1 is 1.47 bits per heavy atom. The summed E-state index contributed by atoms with van der Waals surface area (Å²) in [4.78, 5) is 13.1. The maximum atomic E-state index is 13.0. The highest BCUT2D eigenvalue weighted by atomic mass is 79.9. The molecular formula is C11H11BrFNO4S. The first-order valence-electron chi connectivity index (χ1n) is 5.41. The van der Waals surface area contributed by atoms with Crippen LogP contribution in [0.1, 0.15) is 6.42 Å². The molecule has 1 aromatic rings. The van der Waals surface area contributed by atoms with Gasteiger partial charge in [-0.25, -0.2) is 0 Å². The largest absolute Gasteiger partial charge is 0.495 e. The number of nitrogens with zero attached hydrogens (tertiary/aromatic N) is 1. The summed E-state index contributed by atoms with van der Waals surface area (Å²) in [7, 11) is -3.24. The number of hydrogen-bond donors (Lipinski definition) is 0. The molecule has 0 radical (unpaired) electrons. The maximum Gasteiger partial charge on any atom is 0.307 e. The number of ether oxygens (including phenoxy) is 1. The lowest BCUT2D eigenvalue weighted by Crippen LogP contribution is -2.27. The van der Waals surface area contributed by atoms with Gasteiger partial charge in [0, 0.05) is 13.0 Å². The lowest BCUT2D eigenvalue weighted by atomic mass is 10.3. The predicted molar refractivity (Wildman–Crippen MR) is 71.5 cm³/mol. The van der Waals surface area contributed by atoms with Gasteiger partial charge in [-0.15, -0.1) is 3.89 Å². The normalized spacial score (nSPS) is 19.8. The van der Waals surface area contributed by atoms with Gasteiger partial charge >= 0.3 is 10.2 Å². The van der Waals surface area contributed by atoms with Crippen molar-refractivity contribution in [1.29, 1.82) is 0 Å². The second kappa shape index (κ2) is 5.09. The van der Waals surface area contributed by atoms with Crippen LogP contribution in [0.4, 0.5) is 9.57 Å². The third-order valence-corrected chi connectivity index (χ3v) is 4.85. The van der Waals surface area contributed by atoms with Crippen molar-refractivity contribution in [3.8, 4) is 5.75 Å². The minimum atomic E-state index is -4.71. The van der Waals surface area contributed by atoms with E-state index in [9.17, 15) is 17.1 Å². The van der Waals surface area contributed by atoms with Gasteiger partial charge in [0.15, 0.2) is 0 Å². The van der Waals surface area contributed by atoms with Crippen LogP contribution in [0.3, 0.4) is 0 Å². The van der Waals surface area contributed by atoms with Crippen LogP contribution in [0, 0.1) is 0 Å². The van der Waals surface area contributed by atoms with Gasteiger partial charge in [0.05, 0.1) is 17.3 Å². The second-order valence-electron chi connectivity index (χ2n) is 4.10. The molecule has 1 atom stereocenters. The lowest BCUT2D eigenvalue weighted by Gasteiger charge is -2.19. The van der Waals surface area contributed by atoms with E-state index in [0.717, 1.165) is 0 Å². The fraction of sp³-hybridized carbons (Fsp3) is 0.364. The summed E-state index contributed by atoms with van der Waals surface area (Å²) in [6.07, 6.45) is -0.345. The van der Waals surface area contributed by atoms with Crippen molar-refractivity contribution < 1.29 is 21.8 Å². The quantitative estimate of drug-likeness (QED) is 0.779. The van der Waals surface area contributed by atoms with Gasteiger partial charge in [-0.05, 0) is 28.1 Å². The zero-order valence-corrected chi connectivity index (χ0v) is 12.4. The Labute approximate surface area is 118 Å². The molecule has 1 unspecified atom stereocenters. The van der Waals surface area contributed by atoms with E-state index in [1.54, 1.807) is 18.2 Å². The molecule has 0 spiro atoms. The maximum absolute atomic E-state index is 13.0. The molecule has 1 saturated heterocycles. The van der Waals surface area contributed by atoms with Crippen LogP contribution >= 0.6 is 15.9 Å². The van der Waals surface area contributed by atoms with Crippen LogP contribution in [0.5, 0.6) is 5.75 Å². The van der Waals surface area contributed by atoms with Gasteiger partial charge in [-0.3, -0.25) is 4.79 Å². The number of benzene rings is 1.